The zero-order valence-corrected chi connectivity index (χ0v) is 11.8. The van der Waals surface area contributed by atoms with Crippen molar-refractivity contribution in [2.45, 2.75) is 45.1 Å². The lowest BCUT2D eigenvalue weighted by Crippen LogP contribution is -2.37. The molecule has 1 aliphatic rings. The van der Waals surface area contributed by atoms with Crippen LogP contribution in [0.1, 0.15) is 36.1 Å². The van der Waals surface area contributed by atoms with Crippen LogP contribution in [0.2, 0.25) is 0 Å². The van der Waals surface area contributed by atoms with Crippen LogP contribution in [0.3, 0.4) is 0 Å². The Hall–Kier alpha value is -0.870. The average Bonchev–Trinajstić information content (AvgIpc) is 2.76. The van der Waals surface area contributed by atoms with Crippen molar-refractivity contribution >= 4 is 17.2 Å². The van der Waals surface area contributed by atoms with Crippen molar-refractivity contribution in [1.82, 2.24) is 5.32 Å². The van der Waals surface area contributed by atoms with Gasteiger partial charge in [0, 0.05) is 23.4 Å². The first-order chi connectivity index (χ1) is 8.66. The maximum Gasteiger partial charge on any atom is 0.223 e. The van der Waals surface area contributed by atoms with E-state index in [-0.39, 0.29) is 11.8 Å². The molecule has 3 N–H and O–H groups in total. The summed E-state index contributed by atoms with van der Waals surface area (Å²) in [5.41, 5.74) is 7.18. The standard InChI is InChI=1S/C14H22N2OS/c1-10-7-9-18-13(10)6-8-16-14(17)11-2-4-12(15)5-3-11/h7,9,11-12H,2-6,8,15H2,1H3,(H,16,17). The van der Waals surface area contributed by atoms with Gasteiger partial charge in [-0.3, -0.25) is 4.79 Å². The van der Waals surface area contributed by atoms with E-state index in [1.165, 1.54) is 10.4 Å². The van der Waals surface area contributed by atoms with Crippen LogP contribution in [0, 0.1) is 12.8 Å². The molecule has 1 fully saturated rings. The quantitative estimate of drug-likeness (QED) is 0.878. The molecule has 2 rings (SSSR count). The summed E-state index contributed by atoms with van der Waals surface area (Å²) in [7, 11) is 0. The summed E-state index contributed by atoms with van der Waals surface area (Å²) in [5.74, 6) is 0.408. The zero-order valence-electron chi connectivity index (χ0n) is 10.9. The molecular weight excluding hydrogens is 244 g/mol. The van der Waals surface area contributed by atoms with Crippen LogP contribution in [0.25, 0.3) is 0 Å². The van der Waals surface area contributed by atoms with E-state index in [4.69, 9.17) is 5.73 Å². The van der Waals surface area contributed by atoms with Gasteiger partial charge < -0.3 is 11.1 Å². The van der Waals surface area contributed by atoms with Gasteiger partial charge in [-0.15, -0.1) is 11.3 Å². The lowest BCUT2D eigenvalue weighted by molar-refractivity contribution is -0.125. The first-order valence-electron chi connectivity index (χ1n) is 6.73. The smallest absolute Gasteiger partial charge is 0.223 e. The second kappa shape index (κ2) is 6.34. The van der Waals surface area contributed by atoms with Crippen LogP contribution in [-0.2, 0) is 11.2 Å². The molecule has 1 aromatic heterocycles. The predicted molar refractivity (Wildman–Crippen MR) is 75.7 cm³/mol. The van der Waals surface area contributed by atoms with Crippen molar-refractivity contribution in [1.29, 1.82) is 0 Å². The van der Waals surface area contributed by atoms with E-state index < -0.39 is 0 Å². The number of hydrogen-bond donors (Lipinski definition) is 2. The van der Waals surface area contributed by atoms with Gasteiger partial charge in [-0.1, -0.05) is 0 Å². The van der Waals surface area contributed by atoms with Crippen LogP contribution < -0.4 is 11.1 Å². The number of nitrogens with one attached hydrogen (secondary N) is 1. The Morgan fingerprint density at radius 1 is 1.44 bits per heavy atom. The summed E-state index contributed by atoms with van der Waals surface area (Å²) in [6.07, 6.45) is 4.82. The minimum atomic E-state index is 0.189. The molecule has 1 saturated carbocycles. The van der Waals surface area contributed by atoms with Gasteiger partial charge in [-0.2, -0.15) is 0 Å². The topological polar surface area (TPSA) is 55.1 Å². The highest BCUT2D eigenvalue weighted by Crippen LogP contribution is 2.23. The molecule has 0 spiro atoms. The van der Waals surface area contributed by atoms with Crippen molar-refractivity contribution in [3.63, 3.8) is 0 Å². The van der Waals surface area contributed by atoms with Crippen molar-refractivity contribution in [3.05, 3.63) is 21.9 Å². The Morgan fingerprint density at radius 3 is 2.78 bits per heavy atom. The third-order valence-electron chi connectivity index (χ3n) is 3.76. The fourth-order valence-electron chi connectivity index (χ4n) is 2.49. The van der Waals surface area contributed by atoms with Crippen LogP contribution >= 0.6 is 11.3 Å². The average molecular weight is 266 g/mol. The van der Waals surface area contributed by atoms with Gasteiger partial charge >= 0.3 is 0 Å². The second-order valence-electron chi connectivity index (χ2n) is 5.18. The normalized spacial score (nSPS) is 23.9. The number of carbonyl (C=O) groups excluding carboxylic acids is 1. The summed E-state index contributed by atoms with van der Waals surface area (Å²) in [5, 5.41) is 5.17. The van der Waals surface area contributed by atoms with Crippen LogP contribution in [-0.4, -0.2) is 18.5 Å². The second-order valence-corrected chi connectivity index (χ2v) is 6.18. The molecule has 0 aliphatic heterocycles. The molecule has 4 heteroatoms. The molecule has 0 radical (unpaired) electrons. The number of amides is 1. The molecule has 1 aromatic rings. The van der Waals surface area contributed by atoms with E-state index >= 15 is 0 Å². The zero-order chi connectivity index (χ0) is 13.0. The maximum atomic E-state index is 12.0. The number of carbonyl (C=O) groups is 1. The Labute approximate surface area is 113 Å². The summed E-state index contributed by atoms with van der Waals surface area (Å²) in [4.78, 5) is 13.3. The molecule has 0 unspecified atom stereocenters. The van der Waals surface area contributed by atoms with E-state index in [1.54, 1.807) is 11.3 Å². The third kappa shape index (κ3) is 3.56. The molecule has 1 heterocycles. The molecule has 0 atom stereocenters. The molecule has 0 saturated heterocycles. The summed E-state index contributed by atoms with van der Waals surface area (Å²) in [6, 6.07) is 2.44. The van der Waals surface area contributed by atoms with E-state index in [2.05, 4.69) is 23.7 Å². The number of hydrogen-bond acceptors (Lipinski definition) is 3. The molecule has 100 valence electrons. The largest absolute Gasteiger partial charge is 0.356 e. The maximum absolute atomic E-state index is 12.0. The third-order valence-corrected chi connectivity index (χ3v) is 4.84. The molecule has 0 aromatic carbocycles. The molecule has 3 nitrogen and oxygen atoms in total. The van der Waals surface area contributed by atoms with Crippen LogP contribution in [0.4, 0.5) is 0 Å². The molecule has 18 heavy (non-hydrogen) atoms. The molecule has 1 aliphatic carbocycles. The number of aryl methyl sites for hydroxylation is 1. The van der Waals surface area contributed by atoms with Gasteiger partial charge in [0.2, 0.25) is 5.91 Å². The molecular formula is C14H22N2OS. The van der Waals surface area contributed by atoms with Gasteiger partial charge in [0.05, 0.1) is 0 Å². The number of nitrogens with two attached hydrogens (primary N) is 1. The van der Waals surface area contributed by atoms with Gasteiger partial charge in [0.15, 0.2) is 0 Å². The summed E-state index contributed by atoms with van der Waals surface area (Å²) >= 11 is 1.77. The SMILES string of the molecule is Cc1ccsc1CCNC(=O)C1CCC(N)CC1. The Morgan fingerprint density at radius 2 is 2.17 bits per heavy atom. The van der Waals surface area contributed by atoms with E-state index in [0.29, 0.717) is 6.04 Å². The Kier molecular flexibility index (Phi) is 4.78. The Bertz CT molecular complexity index is 394. The van der Waals surface area contributed by atoms with Crippen LogP contribution in [0.15, 0.2) is 11.4 Å². The first kappa shape index (κ1) is 13.6. The van der Waals surface area contributed by atoms with E-state index in [0.717, 1.165) is 38.6 Å². The van der Waals surface area contributed by atoms with Crippen molar-refractivity contribution in [2.75, 3.05) is 6.54 Å². The fourth-order valence-corrected chi connectivity index (χ4v) is 3.40. The van der Waals surface area contributed by atoms with Crippen molar-refractivity contribution in [2.24, 2.45) is 11.7 Å². The number of rotatable bonds is 4. The Balaban J connectivity index is 1.70. The highest BCUT2D eigenvalue weighted by atomic mass is 32.1. The van der Waals surface area contributed by atoms with Gasteiger partial charge in [0.25, 0.3) is 0 Å². The van der Waals surface area contributed by atoms with Gasteiger partial charge in [-0.25, -0.2) is 0 Å². The minimum Gasteiger partial charge on any atom is -0.356 e. The summed E-state index contributed by atoms with van der Waals surface area (Å²) < 4.78 is 0. The van der Waals surface area contributed by atoms with Crippen LogP contribution in [0.5, 0.6) is 0 Å². The van der Waals surface area contributed by atoms with E-state index in [1.807, 2.05) is 0 Å². The number of thiophene rings is 1. The highest BCUT2D eigenvalue weighted by molar-refractivity contribution is 7.10. The minimum absolute atomic E-state index is 0.189. The van der Waals surface area contributed by atoms with Crippen molar-refractivity contribution < 1.29 is 4.79 Å². The van der Waals surface area contributed by atoms with Crippen molar-refractivity contribution in [3.8, 4) is 0 Å². The fraction of sp³-hybridized carbons (Fsp3) is 0.643. The predicted octanol–water partition coefficient (Wildman–Crippen LogP) is 2.23. The highest BCUT2D eigenvalue weighted by Gasteiger charge is 2.24. The first-order valence-corrected chi connectivity index (χ1v) is 7.61. The van der Waals surface area contributed by atoms with Gasteiger partial charge in [-0.05, 0) is 56.0 Å². The lowest BCUT2D eigenvalue weighted by atomic mass is 9.86. The summed E-state index contributed by atoms with van der Waals surface area (Å²) in [6.45, 7) is 2.87. The lowest BCUT2D eigenvalue weighted by Gasteiger charge is -2.25. The molecule has 1 amide bonds. The monoisotopic (exact) mass is 266 g/mol. The van der Waals surface area contributed by atoms with Gasteiger partial charge in [0.1, 0.15) is 0 Å². The molecule has 0 bridgehead atoms. The van der Waals surface area contributed by atoms with E-state index in [9.17, 15) is 4.79 Å².